The van der Waals surface area contributed by atoms with Crippen molar-refractivity contribution in [2.24, 2.45) is 5.16 Å². The van der Waals surface area contributed by atoms with Gasteiger partial charge in [-0.15, -0.1) is 0 Å². The number of nitrogens with zero attached hydrogens (tertiary/aromatic N) is 3. The van der Waals surface area contributed by atoms with E-state index in [-0.39, 0.29) is 54.3 Å². The number of hydrogen-bond acceptors (Lipinski definition) is 8. The number of fused-ring (bicyclic) bond motifs is 2. The minimum absolute atomic E-state index is 0.0336. The van der Waals surface area contributed by atoms with Crippen molar-refractivity contribution < 1.29 is 36.8 Å². The van der Waals surface area contributed by atoms with Gasteiger partial charge in [0.25, 0.3) is 0 Å². The van der Waals surface area contributed by atoms with E-state index in [1.54, 1.807) is 31.3 Å². The Balaban J connectivity index is 1.17. The molecule has 3 fully saturated rings. The van der Waals surface area contributed by atoms with Crippen LogP contribution in [0.5, 0.6) is 5.75 Å². The summed E-state index contributed by atoms with van der Waals surface area (Å²) in [6, 6.07) is 11.9. The van der Waals surface area contributed by atoms with E-state index >= 15 is 4.39 Å². The third kappa shape index (κ3) is 5.67. The highest BCUT2D eigenvalue weighted by Crippen LogP contribution is 2.46. The Kier molecular flexibility index (Phi) is 8.05. The molecule has 3 heterocycles. The Morgan fingerprint density at radius 2 is 1.93 bits per heavy atom. The molecule has 2 atom stereocenters. The number of amidine groups is 1. The van der Waals surface area contributed by atoms with Gasteiger partial charge in [0.2, 0.25) is 0 Å². The van der Waals surface area contributed by atoms with Gasteiger partial charge in [-0.25, -0.2) is 4.39 Å². The third-order valence-corrected chi connectivity index (χ3v) is 8.21. The highest BCUT2D eigenvalue weighted by molar-refractivity contribution is 5.99. The summed E-state index contributed by atoms with van der Waals surface area (Å²) in [6.45, 7) is -2.54. The molecule has 3 aliphatic rings. The number of hydrogen-bond donors (Lipinski definition) is 1. The van der Waals surface area contributed by atoms with Crippen LogP contribution in [0.25, 0.3) is 11.3 Å². The molecule has 0 radical (unpaired) electrons. The molecule has 2 saturated heterocycles. The van der Waals surface area contributed by atoms with E-state index in [4.69, 9.17) is 14.0 Å². The molecule has 2 aliphatic heterocycles. The van der Waals surface area contributed by atoms with E-state index in [9.17, 15) is 13.6 Å². The zero-order valence-electron chi connectivity index (χ0n) is 23.0. The van der Waals surface area contributed by atoms with Crippen molar-refractivity contribution in [1.82, 2.24) is 10.5 Å². The number of alkyl halides is 2. The first-order valence-electron chi connectivity index (χ1n) is 14.0. The maximum atomic E-state index is 15.1. The first kappa shape index (κ1) is 28.1. The summed E-state index contributed by atoms with van der Waals surface area (Å²) in [7, 11) is 1.57. The molecule has 222 valence electrons. The fourth-order valence-corrected chi connectivity index (χ4v) is 6.25. The lowest BCUT2D eigenvalue weighted by Gasteiger charge is -2.40. The predicted octanol–water partition coefficient (Wildman–Crippen LogP) is 5.73. The average Bonchev–Trinajstić information content (AvgIpc) is 3.68. The van der Waals surface area contributed by atoms with Crippen LogP contribution in [0.15, 0.2) is 52.1 Å². The number of carbonyl (C=O) groups is 1. The minimum Gasteiger partial charge on any atom is -0.434 e. The molecule has 12 heteroatoms. The summed E-state index contributed by atoms with van der Waals surface area (Å²) in [5.41, 5.74) is 2.66. The summed E-state index contributed by atoms with van der Waals surface area (Å²) in [5, 5.41) is 10.6. The minimum atomic E-state index is -2.96. The summed E-state index contributed by atoms with van der Waals surface area (Å²) in [6.07, 6.45) is 5.40. The fraction of sp³-hybridized carbons (Fsp3) is 0.433. The summed E-state index contributed by atoms with van der Waals surface area (Å²) < 4.78 is 58.2. The van der Waals surface area contributed by atoms with E-state index < -0.39 is 12.4 Å². The number of para-hydroxylation sites is 1. The molecule has 2 unspecified atom stereocenters. The molecule has 0 spiro atoms. The van der Waals surface area contributed by atoms with Gasteiger partial charge in [0.1, 0.15) is 23.0 Å². The number of carbonyl (C=O) groups excluding carboxylic acids is 1. The average molecular weight is 585 g/mol. The third-order valence-electron chi connectivity index (χ3n) is 8.21. The normalized spacial score (nSPS) is 22.0. The fourth-order valence-electron chi connectivity index (χ4n) is 6.25. The number of aromatic nitrogens is 1. The zero-order valence-corrected chi connectivity index (χ0v) is 23.0. The molecule has 1 aromatic heterocycles. The predicted molar refractivity (Wildman–Crippen MR) is 147 cm³/mol. The number of nitrogens with one attached hydrogen (secondary N) is 1. The number of anilines is 1. The van der Waals surface area contributed by atoms with Crippen molar-refractivity contribution in [2.45, 2.75) is 75.8 Å². The Labute approximate surface area is 240 Å². The second kappa shape index (κ2) is 12.0. The van der Waals surface area contributed by atoms with Crippen LogP contribution in [0.4, 0.5) is 18.9 Å². The Hall–Kier alpha value is -4.06. The lowest BCUT2D eigenvalue weighted by atomic mass is 9.98. The quantitative estimate of drug-likeness (QED) is 0.100. The van der Waals surface area contributed by atoms with Crippen LogP contribution in [-0.2, 0) is 21.0 Å². The van der Waals surface area contributed by atoms with Gasteiger partial charge in [0, 0.05) is 41.9 Å². The van der Waals surface area contributed by atoms with E-state index in [1.807, 2.05) is 6.07 Å². The van der Waals surface area contributed by atoms with Gasteiger partial charge < -0.3 is 29.1 Å². The summed E-state index contributed by atoms with van der Waals surface area (Å²) in [5.74, 6) is 0.677. The second-order valence-corrected chi connectivity index (χ2v) is 10.8. The summed E-state index contributed by atoms with van der Waals surface area (Å²) >= 11 is 0. The van der Waals surface area contributed by atoms with Gasteiger partial charge >= 0.3 is 13.1 Å². The highest BCUT2D eigenvalue weighted by atomic mass is 19.3. The van der Waals surface area contributed by atoms with Gasteiger partial charge in [-0.2, -0.15) is 8.78 Å². The van der Waals surface area contributed by atoms with Crippen molar-refractivity contribution in [3.05, 3.63) is 65.2 Å². The van der Waals surface area contributed by atoms with E-state index in [0.717, 1.165) is 55.5 Å². The van der Waals surface area contributed by atoms with Crippen molar-refractivity contribution >= 4 is 18.0 Å². The molecule has 42 heavy (non-hydrogen) atoms. The monoisotopic (exact) mass is 584 g/mol. The topological polar surface area (TPSA) is 98.4 Å². The van der Waals surface area contributed by atoms with Crippen LogP contribution < -0.4 is 15.0 Å². The first-order valence-corrected chi connectivity index (χ1v) is 14.0. The molecule has 1 aliphatic carbocycles. The lowest BCUT2D eigenvalue weighted by molar-refractivity contribution is -0.128. The first-order chi connectivity index (χ1) is 20.5. The standard InChI is InChI=1S/C30H31F3N4O5/c1-34-29(36-40-16-38)22-11-10-20(14-25(22)31)37-18-8-9-19(37)13-21(12-18)39-15-24-27(35-42-28(24)17-6-7-17)23-4-2-3-5-26(23)41-30(32)33/h2-5,10-11,14,16-19,21,30H,6-9,12-13,15H2,1H3,(H,34,36). The molecule has 0 amide bonds. The molecule has 9 nitrogen and oxygen atoms in total. The van der Waals surface area contributed by atoms with E-state index in [1.165, 1.54) is 12.1 Å². The molecule has 1 N–H and O–H groups in total. The Bertz CT molecular complexity index is 1450. The number of oxime groups is 1. The molecule has 2 aromatic carbocycles. The Morgan fingerprint density at radius 3 is 2.60 bits per heavy atom. The number of rotatable bonds is 11. The highest BCUT2D eigenvalue weighted by Gasteiger charge is 2.42. The number of benzene rings is 2. The van der Waals surface area contributed by atoms with Gasteiger partial charge in [0.15, 0.2) is 5.84 Å². The van der Waals surface area contributed by atoms with Gasteiger partial charge in [-0.05, 0) is 68.9 Å². The lowest BCUT2D eigenvalue weighted by Crippen LogP contribution is -2.45. The van der Waals surface area contributed by atoms with Gasteiger partial charge in [-0.1, -0.05) is 22.4 Å². The Morgan fingerprint density at radius 1 is 1.17 bits per heavy atom. The van der Waals surface area contributed by atoms with E-state index in [0.29, 0.717) is 11.3 Å². The molecule has 3 aromatic rings. The molecular weight excluding hydrogens is 553 g/mol. The number of piperidine rings is 1. The second-order valence-electron chi connectivity index (χ2n) is 10.8. The van der Waals surface area contributed by atoms with Crippen LogP contribution in [-0.4, -0.2) is 49.3 Å². The number of halogens is 3. The van der Waals surface area contributed by atoms with Crippen LogP contribution in [0, 0.1) is 5.82 Å². The molecule has 2 bridgehead atoms. The van der Waals surface area contributed by atoms with Crippen molar-refractivity contribution in [3.63, 3.8) is 0 Å². The molecule has 6 rings (SSSR count). The van der Waals surface area contributed by atoms with Crippen molar-refractivity contribution in [3.8, 4) is 17.0 Å². The molecule has 1 saturated carbocycles. The summed E-state index contributed by atoms with van der Waals surface area (Å²) in [4.78, 5) is 17.2. The van der Waals surface area contributed by atoms with Crippen LogP contribution in [0.1, 0.15) is 61.3 Å². The maximum Gasteiger partial charge on any atom is 0.387 e. The SMILES string of the molecule is CN/C(=N\OC=O)c1ccc(N2C3CCC2CC(OCc2c(-c4ccccc4OC(F)F)noc2C2CC2)C3)cc1F. The van der Waals surface area contributed by atoms with Crippen molar-refractivity contribution in [2.75, 3.05) is 11.9 Å². The maximum absolute atomic E-state index is 15.1. The van der Waals surface area contributed by atoms with E-state index in [2.05, 4.69) is 25.4 Å². The van der Waals surface area contributed by atoms with Crippen LogP contribution in [0.3, 0.4) is 0 Å². The molecular formula is C30H31F3N4O5. The van der Waals surface area contributed by atoms with Gasteiger partial charge in [-0.3, -0.25) is 4.79 Å². The van der Waals surface area contributed by atoms with Gasteiger partial charge in [0.05, 0.1) is 18.3 Å². The van der Waals surface area contributed by atoms with Crippen LogP contribution >= 0.6 is 0 Å². The zero-order chi connectivity index (χ0) is 29.2. The van der Waals surface area contributed by atoms with Crippen LogP contribution in [0.2, 0.25) is 0 Å². The number of ether oxygens (including phenoxy) is 2. The smallest absolute Gasteiger partial charge is 0.387 e. The largest absolute Gasteiger partial charge is 0.434 e. The van der Waals surface area contributed by atoms with Crippen molar-refractivity contribution in [1.29, 1.82) is 0 Å².